The Bertz CT molecular complexity index is 1210. The lowest BCUT2D eigenvalue weighted by Crippen LogP contribution is -2.13. The van der Waals surface area contributed by atoms with Crippen molar-refractivity contribution >= 4 is 22.4 Å². The van der Waals surface area contributed by atoms with Gasteiger partial charge in [-0.25, -0.2) is 4.68 Å². The molecule has 0 fully saturated rings. The number of anilines is 1. The molecular formula is C24H21N3O2S. The summed E-state index contributed by atoms with van der Waals surface area (Å²) in [7, 11) is -1.07. The molecule has 0 bridgehead atoms. The largest absolute Gasteiger partial charge is 0.322 e. The van der Waals surface area contributed by atoms with Gasteiger partial charge in [-0.1, -0.05) is 48.5 Å². The first-order chi connectivity index (χ1) is 14.5. The second kappa shape index (κ2) is 8.47. The Kier molecular flexibility index (Phi) is 5.59. The molecule has 0 saturated heterocycles. The van der Waals surface area contributed by atoms with Crippen molar-refractivity contribution in [1.82, 2.24) is 9.78 Å². The molecule has 4 rings (SSSR count). The molecule has 1 atom stereocenters. The lowest BCUT2D eigenvalue weighted by atomic mass is 10.1. The van der Waals surface area contributed by atoms with Crippen LogP contribution in [0.25, 0.3) is 16.9 Å². The Hall–Kier alpha value is -3.51. The van der Waals surface area contributed by atoms with E-state index >= 15 is 0 Å². The third kappa shape index (κ3) is 4.09. The van der Waals surface area contributed by atoms with E-state index < -0.39 is 10.8 Å². The summed E-state index contributed by atoms with van der Waals surface area (Å²) in [5.41, 5.74) is 4.43. The van der Waals surface area contributed by atoms with Crippen LogP contribution in [0, 0.1) is 6.92 Å². The molecule has 150 valence electrons. The second-order valence-electron chi connectivity index (χ2n) is 6.92. The number of carbonyl (C=O) groups is 1. The molecule has 3 aromatic carbocycles. The van der Waals surface area contributed by atoms with Gasteiger partial charge in [0.15, 0.2) is 0 Å². The average Bonchev–Trinajstić information content (AvgIpc) is 3.22. The van der Waals surface area contributed by atoms with Crippen LogP contribution in [-0.4, -0.2) is 26.2 Å². The van der Waals surface area contributed by atoms with Crippen LogP contribution < -0.4 is 5.32 Å². The van der Waals surface area contributed by atoms with Crippen molar-refractivity contribution in [3.05, 3.63) is 96.2 Å². The fourth-order valence-electron chi connectivity index (χ4n) is 3.17. The maximum atomic E-state index is 13.2. The summed E-state index contributed by atoms with van der Waals surface area (Å²) >= 11 is 0. The monoisotopic (exact) mass is 415 g/mol. The Morgan fingerprint density at radius 3 is 2.27 bits per heavy atom. The summed E-state index contributed by atoms with van der Waals surface area (Å²) in [5, 5.41) is 7.68. The molecule has 30 heavy (non-hydrogen) atoms. The highest BCUT2D eigenvalue weighted by Gasteiger charge is 2.19. The minimum atomic E-state index is -1.07. The highest BCUT2D eigenvalue weighted by Crippen LogP contribution is 2.26. The van der Waals surface area contributed by atoms with Crippen molar-refractivity contribution in [2.24, 2.45) is 0 Å². The van der Waals surface area contributed by atoms with Crippen molar-refractivity contribution in [3.8, 4) is 16.9 Å². The van der Waals surface area contributed by atoms with Gasteiger partial charge in [0.1, 0.15) is 5.69 Å². The third-order valence-electron chi connectivity index (χ3n) is 4.83. The quantitative estimate of drug-likeness (QED) is 0.507. The standard InChI is InChI=1S/C24H21N3O2S/c1-17-8-6-7-11-22(17)25-24(28)21-16-27(19-9-4-3-5-10-19)26-23(21)18-12-14-20(15-13-18)30(2)29/h3-16H,1-2H3,(H,25,28). The van der Waals surface area contributed by atoms with E-state index in [9.17, 15) is 9.00 Å². The molecule has 1 unspecified atom stereocenters. The number of rotatable bonds is 5. The summed E-state index contributed by atoms with van der Waals surface area (Å²) < 4.78 is 13.4. The normalized spacial score (nSPS) is 11.8. The zero-order valence-electron chi connectivity index (χ0n) is 16.7. The predicted molar refractivity (Wildman–Crippen MR) is 120 cm³/mol. The number of benzene rings is 3. The van der Waals surface area contributed by atoms with Crippen molar-refractivity contribution in [2.75, 3.05) is 11.6 Å². The molecule has 0 radical (unpaired) electrons. The van der Waals surface area contributed by atoms with Crippen LogP contribution in [0.15, 0.2) is 90.0 Å². The highest BCUT2D eigenvalue weighted by molar-refractivity contribution is 7.84. The molecule has 1 N–H and O–H groups in total. The molecule has 0 spiro atoms. The number of nitrogens with zero attached hydrogens (tertiary/aromatic N) is 2. The fraction of sp³-hybridized carbons (Fsp3) is 0.0833. The number of carbonyl (C=O) groups excluding carboxylic acids is 1. The van der Waals surface area contributed by atoms with Crippen molar-refractivity contribution in [2.45, 2.75) is 11.8 Å². The Morgan fingerprint density at radius 1 is 0.933 bits per heavy atom. The van der Waals surface area contributed by atoms with Crippen molar-refractivity contribution in [3.63, 3.8) is 0 Å². The first-order valence-corrected chi connectivity index (χ1v) is 11.0. The number of nitrogens with one attached hydrogen (secondary N) is 1. The molecule has 1 amide bonds. The van der Waals surface area contributed by atoms with Crippen LogP contribution in [0.5, 0.6) is 0 Å². The van der Waals surface area contributed by atoms with E-state index in [0.29, 0.717) is 11.3 Å². The second-order valence-corrected chi connectivity index (χ2v) is 8.30. The van der Waals surface area contributed by atoms with Crippen LogP contribution in [0.1, 0.15) is 15.9 Å². The average molecular weight is 416 g/mol. The van der Waals surface area contributed by atoms with Gasteiger partial charge in [-0.05, 0) is 42.8 Å². The lowest BCUT2D eigenvalue weighted by molar-refractivity contribution is 0.102. The molecular weight excluding hydrogens is 394 g/mol. The van der Waals surface area contributed by atoms with Gasteiger partial charge < -0.3 is 5.32 Å². The topological polar surface area (TPSA) is 64.0 Å². The zero-order valence-corrected chi connectivity index (χ0v) is 17.5. The van der Waals surface area contributed by atoms with E-state index in [4.69, 9.17) is 5.10 Å². The van der Waals surface area contributed by atoms with E-state index in [0.717, 1.165) is 27.4 Å². The summed E-state index contributed by atoms with van der Waals surface area (Å²) in [6.45, 7) is 1.95. The van der Waals surface area contributed by atoms with Crippen LogP contribution in [0.3, 0.4) is 0 Å². The van der Waals surface area contributed by atoms with E-state index in [1.807, 2.05) is 73.7 Å². The van der Waals surface area contributed by atoms with E-state index in [1.165, 1.54) is 0 Å². The number of aromatic nitrogens is 2. The molecule has 4 aromatic rings. The lowest BCUT2D eigenvalue weighted by Gasteiger charge is -2.08. The van der Waals surface area contributed by atoms with Gasteiger partial charge in [0.2, 0.25) is 0 Å². The maximum Gasteiger partial charge on any atom is 0.259 e. The minimum absolute atomic E-state index is 0.232. The van der Waals surface area contributed by atoms with Gasteiger partial charge in [-0.15, -0.1) is 0 Å². The third-order valence-corrected chi connectivity index (χ3v) is 5.77. The Balaban J connectivity index is 1.77. The molecule has 0 aliphatic carbocycles. The number of para-hydroxylation sites is 2. The Morgan fingerprint density at radius 2 is 1.60 bits per heavy atom. The summed E-state index contributed by atoms with van der Waals surface area (Å²) in [4.78, 5) is 13.9. The molecule has 0 aliphatic rings. The maximum absolute atomic E-state index is 13.2. The van der Waals surface area contributed by atoms with Crippen molar-refractivity contribution in [1.29, 1.82) is 0 Å². The number of aryl methyl sites for hydroxylation is 1. The minimum Gasteiger partial charge on any atom is -0.322 e. The number of amides is 1. The summed E-state index contributed by atoms with van der Waals surface area (Å²) in [6.07, 6.45) is 3.38. The van der Waals surface area contributed by atoms with Crippen LogP contribution in [0.2, 0.25) is 0 Å². The van der Waals surface area contributed by atoms with Gasteiger partial charge in [0.25, 0.3) is 5.91 Å². The molecule has 5 nitrogen and oxygen atoms in total. The number of hydrogen-bond acceptors (Lipinski definition) is 3. The first kappa shape index (κ1) is 19.8. The van der Waals surface area contributed by atoms with E-state index in [-0.39, 0.29) is 5.91 Å². The fourth-order valence-corrected chi connectivity index (χ4v) is 3.69. The summed E-state index contributed by atoms with van der Waals surface area (Å²) in [6, 6.07) is 24.6. The van der Waals surface area contributed by atoms with Crippen LogP contribution in [-0.2, 0) is 10.8 Å². The van der Waals surface area contributed by atoms with Gasteiger partial charge in [-0.2, -0.15) is 5.10 Å². The smallest absolute Gasteiger partial charge is 0.259 e. The predicted octanol–water partition coefficient (Wildman–Crippen LogP) is 4.84. The van der Waals surface area contributed by atoms with Gasteiger partial charge in [0.05, 0.1) is 11.3 Å². The highest BCUT2D eigenvalue weighted by atomic mass is 32.2. The molecule has 0 saturated carbocycles. The SMILES string of the molecule is Cc1ccccc1NC(=O)c1cn(-c2ccccc2)nc1-c1ccc(S(C)=O)cc1. The van der Waals surface area contributed by atoms with Crippen LogP contribution in [0.4, 0.5) is 5.69 Å². The van der Waals surface area contributed by atoms with Gasteiger partial charge >= 0.3 is 0 Å². The van der Waals surface area contributed by atoms with Gasteiger partial charge in [0, 0.05) is 39.4 Å². The number of hydrogen-bond donors (Lipinski definition) is 1. The Labute approximate surface area is 177 Å². The first-order valence-electron chi connectivity index (χ1n) is 9.49. The zero-order chi connectivity index (χ0) is 21.1. The molecule has 6 heteroatoms. The van der Waals surface area contributed by atoms with E-state index in [2.05, 4.69) is 5.32 Å². The van der Waals surface area contributed by atoms with E-state index in [1.54, 1.807) is 29.3 Å². The summed E-state index contributed by atoms with van der Waals surface area (Å²) in [5.74, 6) is -0.232. The molecule has 1 aromatic heterocycles. The van der Waals surface area contributed by atoms with Crippen molar-refractivity contribution < 1.29 is 9.00 Å². The molecule has 0 aliphatic heterocycles. The van der Waals surface area contributed by atoms with Crippen LogP contribution >= 0.6 is 0 Å². The van der Waals surface area contributed by atoms with Gasteiger partial charge in [-0.3, -0.25) is 9.00 Å². The molecule has 1 heterocycles.